The number of ether oxygens (including phenoxy) is 2. The van der Waals surface area contributed by atoms with E-state index in [1.807, 2.05) is 24.3 Å². The minimum atomic E-state index is 0.569. The van der Waals surface area contributed by atoms with Crippen LogP contribution in [-0.2, 0) is 6.54 Å². The summed E-state index contributed by atoms with van der Waals surface area (Å²) >= 11 is 0. The van der Waals surface area contributed by atoms with E-state index in [1.54, 1.807) is 20.4 Å². The van der Waals surface area contributed by atoms with Crippen LogP contribution in [0.2, 0.25) is 0 Å². The van der Waals surface area contributed by atoms with Crippen LogP contribution < -0.4 is 26.3 Å². The van der Waals surface area contributed by atoms with E-state index in [4.69, 9.17) is 20.9 Å². The van der Waals surface area contributed by atoms with Crippen molar-refractivity contribution in [2.45, 2.75) is 46.1 Å². The van der Waals surface area contributed by atoms with Crippen LogP contribution in [0.5, 0.6) is 11.5 Å². The van der Waals surface area contributed by atoms with Crippen molar-refractivity contribution in [3.8, 4) is 11.5 Å². The molecule has 140 valence electrons. The zero-order valence-corrected chi connectivity index (χ0v) is 16.0. The van der Waals surface area contributed by atoms with Crippen LogP contribution in [0, 0.1) is 5.92 Å². The van der Waals surface area contributed by atoms with E-state index < -0.39 is 0 Å². The summed E-state index contributed by atoms with van der Waals surface area (Å²) < 4.78 is 10.6. The van der Waals surface area contributed by atoms with E-state index >= 15 is 0 Å². The molecule has 1 atom stereocenters. The first-order chi connectivity index (χ1) is 12.1. The summed E-state index contributed by atoms with van der Waals surface area (Å²) in [5.74, 6) is 2.77. The van der Waals surface area contributed by atoms with Gasteiger partial charge in [0.15, 0.2) is 0 Å². The number of benzene rings is 1. The molecule has 1 aromatic rings. The van der Waals surface area contributed by atoms with E-state index in [0.29, 0.717) is 18.3 Å². The Morgan fingerprint density at radius 1 is 1.24 bits per heavy atom. The van der Waals surface area contributed by atoms with Crippen molar-refractivity contribution in [1.29, 1.82) is 0 Å². The Labute approximate surface area is 152 Å². The fourth-order valence-corrected chi connectivity index (χ4v) is 2.81. The van der Waals surface area contributed by atoms with Crippen LogP contribution in [0.4, 0.5) is 0 Å². The van der Waals surface area contributed by atoms with Gasteiger partial charge in [-0.15, -0.1) is 0 Å². The lowest BCUT2D eigenvalue weighted by molar-refractivity contribution is 0.390. The fourth-order valence-electron chi connectivity index (χ4n) is 2.81. The molecule has 0 amide bonds. The number of hydrogen-bond acceptors (Lipinski definition) is 5. The fraction of sp³-hybridized carbons (Fsp3) is 0.500. The number of nitrogens with two attached hydrogens (primary N) is 2. The van der Waals surface area contributed by atoms with Crippen molar-refractivity contribution >= 4 is 0 Å². The average Bonchev–Trinajstić information content (AvgIpc) is 2.64. The molecule has 0 aromatic heterocycles. The maximum Gasteiger partial charge on any atom is 0.127 e. The first kappa shape index (κ1) is 20.7. The second-order valence-electron chi connectivity index (χ2n) is 6.14. The summed E-state index contributed by atoms with van der Waals surface area (Å²) in [5.41, 5.74) is 14.0. The number of hydrogen-bond donors (Lipinski definition) is 3. The van der Waals surface area contributed by atoms with Crippen molar-refractivity contribution in [3.05, 3.63) is 47.4 Å². The van der Waals surface area contributed by atoms with E-state index in [-0.39, 0.29) is 0 Å². The van der Waals surface area contributed by atoms with Crippen LogP contribution >= 0.6 is 0 Å². The molecule has 5 N–H and O–H groups in total. The molecule has 0 heterocycles. The number of allylic oxidation sites excluding steroid dienone is 2. The third-order valence-corrected chi connectivity index (χ3v) is 4.33. The van der Waals surface area contributed by atoms with Gasteiger partial charge < -0.3 is 26.3 Å². The minimum absolute atomic E-state index is 0.569. The van der Waals surface area contributed by atoms with E-state index in [1.165, 1.54) is 12.8 Å². The largest absolute Gasteiger partial charge is 0.497 e. The molecule has 0 spiro atoms. The second-order valence-corrected chi connectivity index (χ2v) is 6.14. The first-order valence-electron chi connectivity index (χ1n) is 8.90. The molecular weight excluding hydrogens is 314 g/mol. The van der Waals surface area contributed by atoms with Gasteiger partial charge in [-0.3, -0.25) is 0 Å². The van der Waals surface area contributed by atoms with Gasteiger partial charge in [-0.05, 0) is 42.3 Å². The molecule has 0 aliphatic carbocycles. The quantitative estimate of drug-likeness (QED) is 0.532. The highest BCUT2D eigenvalue weighted by molar-refractivity contribution is 5.41. The lowest BCUT2D eigenvalue weighted by atomic mass is 9.93. The third-order valence-electron chi connectivity index (χ3n) is 4.33. The van der Waals surface area contributed by atoms with Gasteiger partial charge in [-0.1, -0.05) is 33.1 Å². The molecule has 0 bridgehead atoms. The Morgan fingerprint density at radius 3 is 2.56 bits per heavy atom. The van der Waals surface area contributed by atoms with Crippen LogP contribution in [-0.4, -0.2) is 14.2 Å². The van der Waals surface area contributed by atoms with Crippen LogP contribution in [0.25, 0.3) is 0 Å². The average molecular weight is 348 g/mol. The summed E-state index contributed by atoms with van der Waals surface area (Å²) in [5, 5.41) is 3.22. The molecular formula is C20H33N3O2. The molecule has 1 unspecified atom stereocenters. The zero-order valence-electron chi connectivity index (χ0n) is 16.0. The summed E-state index contributed by atoms with van der Waals surface area (Å²) in [6.07, 6.45) is 8.07. The van der Waals surface area contributed by atoms with Gasteiger partial charge in [0.05, 0.1) is 20.0 Å². The molecule has 1 aromatic carbocycles. The normalized spacial score (nSPS) is 13.4. The molecule has 0 radical (unpaired) electrons. The Hall–Kier alpha value is -2.30. The Kier molecular flexibility index (Phi) is 9.37. The van der Waals surface area contributed by atoms with Crippen molar-refractivity contribution in [2.24, 2.45) is 17.4 Å². The summed E-state index contributed by atoms with van der Waals surface area (Å²) in [7, 11) is 3.28. The Morgan fingerprint density at radius 2 is 2.00 bits per heavy atom. The van der Waals surface area contributed by atoms with Gasteiger partial charge in [-0.25, -0.2) is 0 Å². The monoisotopic (exact) mass is 347 g/mol. The predicted molar refractivity (Wildman–Crippen MR) is 104 cm³/mol. The summed E-state index contributed by atoms with van der Waals surface area (Å²) in [4.78, 5) is 0. The van der Waals surface area contributed by atoms with Gasteiger partial charge >= 0.3 is 0 Å². The van der Waals surface area contributed by atoms with Crippen LogP contribution in [0.1, 0.15) is 45.1 Å². The molecule has 5 nitrogen and oxygen atoms in total. The number of rotatable bonds is 11. The van der Waals surface area contributed by atoms with Gasteiger partial charge in [0.2, 0.25) is 0 Å². The van der Waals surface area contributed by atoms with Crippen molar-refractivity contribution < 1.29 is 9.47 Å². The molecule has 0 saturated carbocycles. The van der Waals surface area contributed by atoms with E-state index in [2.05, 4.69) is 19.2 Å². The lowest BCUT2D eigenvalue weighted by Crippen LogP contribution is -2.20. The topological polar surface area (TPSA) is 82.5 Å². The summed E-state index contributed by atoms with van der Waals surface area (Å²) in [6, 6.07) is 5.73. The number of nitrogens with one attached hydrogen (secondary N) is 1. The SMILES string of the molecule is CCCC(CC)CC(=C/N)/C=C(\N)NCc1ccc(OC)cc1OC. The van der Waals surface area contributed by atoms with Gasteiger partial charge in [-0.2, -0.15) is 0 Å². The van der Waals surface area contributed by atoms with Crippen LogP contribution in [0.3, 0.4) is 0 Å². The van der Waals surface area contributed by atoms with Crippen molar-refractivity contribution in [1.82, 2.24) is 5.32 Å². The van der Waals surface area contributed by atoms with Crippen LogP contribution in [0.15, 0.2) is 41.9 Å². The van der Waals surface area contributed by atoms with E-state index in [0.717, 1.165) is 35.5 Å². The molecule has 25 heavy (non-hydrogen) atoms. The molecule has 1 rings (SSSR count). The zero-order chi connectivity index (χ0) is 18.7. The molecule has 5 heteroatoms. The Balaban J connectivity index is 2.71. The van der Waals surface area contributed by atoms with Gasteiger partial charge in [0.1, 0.15) is 11.5 Å². The van der Waals surface area contributed by atoms with E-state index in [9.17, 15) is 0 Å². The van der Waals surface area contributed by atoms with Gasteiger partial charge in [0, 0.05) is 18.2 Å². The highest BCUT2D eigenvalue weighted by atomic mass is 16.5. The molecule has 0 fully saturated rings. The van der Waals surface area contributed by atoms with Crippen molar-refractivity contribution in [2.75, 3.05) is 14.2 Å². The van der Waals surface area contributed by atoms with Crippen molar-refractivity contribution in [3.63, 3.8) is 0 Å². The first-order valence-corrected chi connectivity index (χ1v) is 8.90. The predicted octanol–water partition coefficient (Wildman–Crippen LogP) is 3.65. The minimum Gasteiger partial charge on any atom is -0.497 e. The Bertz CT molecular complexity index is 582. The standard InChI is InChI=1S/C20H33N3O2/c1-5-7-15(6-2)10-16(13-21)11-20(22)23-14-17-8-9-18(24-3)12-19(17)25-4/h8-9,11-13,15,23H,5-7,10,14,21-22H2,1-4H3/b16-13-,20-11+. The highest BCUT2D eigenvalue weighted by Gasteiger charge is 2.08. The number of methoxy groups -OCH3 is 2. The highest BCUT2D eigenvalue weighted by Crippen LogP contribution is 2.25. The second kappa shape index (κ2) is 11.3. The molecule has 0 saturated heterocycles. The third kappa shape index (κ3) is 6.99. The maximum absolute atomic E-state index is 6.12. The maximum atomic E-state index is 6.12. The lowest BCUT2D eigenvalue weighted by Gasteiger charge is -2.15. The molecule has 0 aliphatic rings. The molecule has 0 aliphatic heterocycles. The van der Waals surface area contributed by atoms with Gasteiger partial charge in [0.25, 0.3) is 0 Å². The summed E-state index contributed by atoms with van der Waals surface area (Å²) in [6.45, 7) is 5.00. The smallest absolute Gasteiger partial charge is 0.127 e.